The van der Waals surface area contributed by atoms with Crippen molar-refractivity contribution in [1.29, 1.82) is 0 Å². The minimum Gasteiger partial charge on any atom is -0.340 e. The maximum atomic E-state index is 12.6. The van der Waals surface area contributed by atoms with Crippen LogP contribution in [0.2, 0.25) is 0 Å². The Morgan fingerprint density at radius 3 is 2.67 bits per heavy atom. The van der Waals surface area contributed by atoms with Crippen LogP contribution in [0.15, 0.2) is 60.9 Å². The molecule has 0 bridgehead atoms. The number of nitrogens with one attached hydrogen (secondary N) is 2. The zero-order chi connectivity index (χ0) is 16.8. The Morgan fingerprint density at radius 1 is 1.17 bits per heavy atom. The first-order valence-electron chi connectivity index (χ1n) is 8.08. The van der Waals surface area contributed by atoms with Crippen LogP contribution in [0.1, 0.15) is 46.7 Å². The number of pyridine rings is 1. The molecule has 0 radical (unpaired) electrons. The molecule has 0 fully saturated rings. The standard InChI is InChI=1S/C19H20N4O/c1-2-7-16-12-17(23-22-16)19(24)21-18(14-8-4-3-5-9-14)15-10-6-11-20-13-15/h3-6,8-13,18H,2,7H2,1H3,(H,21,24)(H,22,23)/t18-/m0/s1. The molecule has 0 saturated carbocycles. The van der Waals surface area contributed by atoms with Gasteiger partial charge in [0.15, 0.2) is 0 Å². The summed E-state index contributed by atoms with van der Waals surface area (Å²) in [4.78, 5) is 16.8. The van der Waals surface area contributed by atoms with Gasteiger partial charge in [-0.25, -0.2) is 0 Å². The zero-order valence-electron chi connectivity index (χ0n) is 13.6. The van der Waals surface area contributed by atoms with Crippen LogP contribution in [0.3, 0.4) is 0 Å². The molecule has 1 amide bonds. The summed E-state index contributed by atoms with van der Waals surface area (Å²) in [7, 11) is 0. The van der Waals surface area contributed by atoms with Crippen molar-refractivity contribution in [3.05, 3.63) is 83.4 Å². The van der Waals surface area contributed by atoms with Crippen molar-refractivity contribution >= 4 is 5.91 Å². The van der Waals surface area contributed by atoms with Gasteiger partial charge >= 0.3 is 0 Å². The highest BCUT2D eigenvalue weighted by Crippen LogP contribution is 2.21. The van der Waals surface area contributed by atoms with E-state index in [1.54, 1.807) is 12.4 Å². The van der Waals surface area contributed by atoms with Gasteiger partial charge in [-0.3, -0.25) is 14.9 Å². The van der Waals surface area contributed by atoms with E-state index in [0.717, 1.165) is 29.7 Å². The van der Waals surface area contributed by atoms with Gasteiger partial charge in [-0.15, -0.1) is 0 Å². The molecule has 0 saturated heterocycles. The molecule has 5 nitrogen and oxygen atoms in total. The maximum Gasteiger partial charge on any atom is 0.272 e. The van der Waals surface area contributed by atoms with Gasteiger partial charge in [0.05, 0.1) is 6.04 Å². The Kier molecular flexibility index (Phi) is 5.01. The molecule has 3 aromatic rings. The number of rotatable bonds is 6. The van der Waals surface area contributed by atoms with Gasteiger partial charge in [0.2, 0.25) is 0 Å². The predicted octanol–water partition coefficient (Wildman–Crippen LogP) is 3.28. The highest BCUT2D eigenvalue weighted by molar-refractivity contribution is 5.92. The number of nitrogens with zero attached hydrogens (tertiary/aromatic N) is 2. The van der Waals surface area contributed by atoms with E-state index in [1.165, 1.54) is 0 Å². The van der Waals surface area contributed by atoms with Crippen molar-refractivity contribution in [1.82, 2.24) is 20.5 Å². The summed E-state index contributed by atoms with van der Waals surface area (Å²) < 4.78 is 0. The first-order valence-corrected chi connectivity index (χ1v) is 8.08. The van der Waals surface area contributed by atoms with Crippen molar-refractivity contribution in [2.24, 2.45) is 0 Å². The van der Waals surface area contributed by atoms with E-state index >= 15 is 0 Å². The molecule has 3 rings (SSSR count). The van der Waals surface area contributed by atoms with Crippen molar-refractivity contribution in [2.45, 2.75) is 25.8 Å². The number of H-pyrrole nitrogens is 1. The summed E-state index contributed by atoms with van der Waals surface area (Å²) in [5, 5.41) is 10.1. The highest BCUT2D eigenvalue weighted by atomic mass is 16.2. The van der Waals surface area contributed by atoms with E-state index in [4.69, 9.17) is 0 Å². The lowest BCUT2D eigenvalue weighted by atomic mass is 10.00. The number of aryl methyl sites for hydroxylation is 1. The van der Waals surface area contributed by atoms with Gasteiger partial charge in [-0.2, -0.15) is 5.10 Å². The fourth-order valence-corrected chi connectivity index (χ4v) is 2.63. The molecule has 2 N–H and O–H groups in total. The second-order valence-electron chi connectivity index (χ2n) is 5.63. The zero-order valence-corrected chi connectivity index (χ0v) is 13.6. The van der Waals surface area contributed by atoms with Crippen LogP contribution in [0.25, 0.3) is 0 Å². The fraction of sp³-hybridized carbons (Fsp3) is 0.211. The maximum absolute atomic E-state index is 12.6. The second-order valence-corrected chi connectivity index (χ2v) is 5.63. The lowest BCUT2D eigenvalue weighted by molar-refractivity contribution is 0.0938. The fourth-order valence-electron chi connectivity index (χ4n) is 2.63. The largest absolute Gasteiger partial charge is 0.340 e. The number of carbonyl (C=O) groups is 1. The van der Waals surface area contributed by atoms with Crippen molar-refractivity contribution in [3.63, 3.8) is 0 Å². The first kappa shape index (κ1) is 15.9. The minimum absolute atomic E-state index is 0.202. The number of aromatic nitrogens is 3. The Labute approximate surface area is 141 Å². The highest BCUT2D eigenvalue weighted by Gasteiger charge is 2.19. The normalized spacial score (nSPS) is 11.9. The van der Waals surface area contributed by atoms with Gasteiger partial charge in [0, 0.05) is 18.1 Å². The van der Waals surface area contributed by atoms with E-state index in [1.807, 2.05) is 48.5 Å². The molecular weight excluding hydrogens is 300 g/mol. The average molecular weight is 320 g/mol. The summed E-state index contributed by atoms with van der Waals surface area (Å²) in [6, 6.07) is 15.2. The molecule has 1 atom stereocenters. The van der Waals surface area contributed by atoms with Crippen molar-refractivity contribution in [3.8, 4) is 0 Å². The van der Waals surface area contributed by atoms with Crippen LogP contribution in [0, 0.1) is 0 Å². The van der Waals surface area contributed by atoms with E-state index in [0.29, 0.717) is 5.69 Å². The van der Waals surface area contributed by atoms with Gasteiger partial charge in [0.1, 0.15) is 5.69 Å². The second kappa shape index (κ2) is 7.55. The lowest BCUT2D eigenvalue weighted by Crippen LogP contribution is -2.29. The summed E-state index contributed by atoms with van der Waals surface area (Å²) in [5.41, 5.74) is 3.31. The first-order chi connectivity index (χ1) is 11.8. The lowest BCUT2D eigenvalue weighted by Gasteiger charge is -2.18. The summed E-state index contributed by atoms with van der Waals surface area (Å²) >= 11 is 0. The van der Waals surface area contributed by atoms with E-state index in [2.05, 4.69) is 27.4 Å². The Bertz CT molecular complexity index is 744. The van der Waals surface area contributed by atoms with Crippen LogP contribution in [-0.4, -0.2) is 21.1 Å². The number of hydrogen-bond acceptors (Lipinski definition) is 3. The molecule has 0 unspecified atom stereocenters. The van der Waals surface area contributed by atoms with Gasteiger partial charge < -0.3 is 5.32 Å². The van der Waals surface area contributed by atoms with Crippen LogP contribution in [0.5, 0.6) is 0 Å². The van der Waals surface area contributed by atoms with Crippen LogP contribution in [-0.2, 0) is 6.42 Å². The molecule has 1 aromatic carbocycles. The molecule has 24 heavy (non-hydrogen) atoms. The Morgan fingerprint density at radius 2 is 1.96 bits per heavy atom. The van der Waals surface area contributed by atoms with Gasteiger partial charge in [-0.1, -0.05) is 49.7 Å². The third-order valence-corrected chi connectivity index (χ3v) is 3.81. The quantitative estimate of drug-likeness (QED) is 0.732. The molecule has 0 aliphatic carbocycles. The summed E-state index contributed by atoms with van der Waals surface area (Å²) in [6.07, 6.45) is 5.37. The minimum atomic E-state index is -0.265. The van der Waals surface area contributed by atoms with E-state index in [9.17, 15) is 4.79 Å². The molecular formula is C19H20N4O. The molecule has 0 aliphatic rings. The average Bonchev–Trinajstić information content (AvgIpc) is 3.10. The van der Waals surface area contributed by atoms with Crippen LogP contribution < -0.4 is 5.32 Å². The Hall–Kier alpha value is -2.95. The molecule has 2 aromatic heterocycles. The van der Waals surface area contributed by atoms with Gasteiger partial charge in [0.25, 0.3) is 5.91 Å². The number of amides is 1. The SMILES string of the molecule is CCCc1cc(C(=O)N[C@@H](c2ccccc2)c2cccnc2)n[nH]1. The number of aromatic amines is 1. The summed E-state index contributed by atoms with van der Waals surface area (Å²) in [6.45, 7) is 2.09. The number of hydrogen-bond donors (Lipinski definition) is 2. The number of benzene rings is 1. The van der Waals surface area contributed by atoms with E-state index in [-0.39, 0.29) is 11.9 Å². The van der Waals surface area contributed by atoms with Gasteiger partial charge in [-0.05, 0) is 29.7 Å². The summed E-state index contributed by atoms with van der Waals surface area (Å²) in [5.74, 6) is -0.202. The van der Waals surface area contributed by atoms with Crippen molar-refractivity contribution < 1.29 is 4.79 Å². The smallest absolute Gasteiger partial charge is 0.272 e. The predicted molar refractivity (Wildman–Crippen MR) is 92.6 cm³/mol. The molecule has 0 spiro atoms. The Balaban J connectivity index is 1.85. The number of carbonyl (C=O) groups excluding carboxylic acids is 1. The third-order valence-electron chi connectivity index (χ3n) is 3.81. The molecule has 122 valence electrons. The molecule has 2 heterocycles. The molecule has 0 aliphatic heterocycles. The third kappa shape index (κ3) is 3.68. The van der Waals surface area contributed by atoms with Crippen LogP contribution >= 0.6 is 0 Å². The van der Waals surface area contributed by atoms with Crippen LogP contribution in [0.4, 0.5) is 0 Å². The van der Waals surface area contributed by atoms with E-state index < -0.39 is 0 Å². The topological polar surface area (TPSA) is 70.7 Å². The monoisotopic (exact) mass is 320 g/mol. The molecule has 5 heteroatoms. The van der Waals surface area contributed by atoms with Crippen molar-refractivity contribution in [2.75, 3.05) is 0 Å².